The molecule has 0 aromatic heterocycles. The molecule has 0 fully saturated rings. The fourth-order valence-corrected chi connectivity index (χ4v) is 5.80. The van der Waals surface area contributed by atoms with Crippen LogP contribution in [0.25, 0.3) is 11.1 Å². The molecule has 17 nitrogen and oxygen atoms in total. The molecule has 0 unspecified atom stereocenters. The molecule has 0 radical (unpaired) electrons. The van der Waals surface area contributed by atoms with Gasteiger partial charge in [0.2, 0.25) is 29.5 Å². The number of carbonyl (C=O) groups excluding carboxylic acids is 5. The number of aromatic hydroxyl groups is 2. The summed E-state index contributed by atoms with van der Waals surface area (Å²) >= 11 is 0. The number of fused-ring (bicyclic) bond motifs is 5. The zero-order chi connectivity index (χ0) is 38.2. The maximum absolute atomic E-state index is 14.1. The minimum Gasteiger partial charge on any atom is -0.508 e. The number of hydrogen-bond acceptors (Lipinski definition) is 12. The van der Waals surface area contributed by atoms with Crippen LogP contribution in [0.3, 0.4) is 0 Å². The van der Waals surface area contributed by atoms with Crippen LogP contribution in [0.15, 0.2) is 36.4 Å². The molecule has 17 N–H and O–H groups in total. The Morgan fingerprint density at radius 2 is 1.28 bits per heavy atom. The van der Waals surface area contributed by atoms with Crippen LogP contribution in [-0.2, 0) is 36.8 Å². The minimum absolute atomic E-state index is 0. The quantitative estimate of drug-likeness (QED) is 0.0871. The SMILES string of the molecule is Cl.NCCC[C@H](NC(=O)[C@H](CCCN)NC(=O)[C@@H]1Cc2cc(ccc2O)-c2ccc(O)c(c2)C[C@H](N)C(=O)N[C@@H](CCCN)C(=O)N1)C(=O)NCCN. The second-order valence-electron chi connectivity index (χ2n) is 12.8. The monoisotopic (exact) mass is 762 g/mol. The largest absolute Gasteiger partial charge is 0.508 e. The second-order valence-corrected chi connectivity index (χ2v) is 12.8. The Bertz CT molecular complexity index is 1550. The molecule has 0 spiro atoms. The number of nitrogens with one attached hydrogen (secondary N) is 5. The number of carbonyl (C=O) groups is 5. The van der Waals surface area contributed by atoms with Crippen molar-refractivity contribution < 1.29 is 34.2 Å². The van der Waals surface area contributed by atoms with Crippen molar-refractivity contribution in [3.8, 4) is 22.6 Å². The Balaban J connectivity index is 0.00000972. The molecule has 1 aliphatic rings. The minimum atomic E-state index is -1.35. The maximum atomic E-state index is 14.1. The van der Waals surface area contributed by atoms with Crippen LogP contribution in [0.5, 0.6) is 11.5 Å². The van der Waals surface area contributed by atoms with Gasteiger partial charge in [-0.15, -0.1) is 12.4 Å². The van der Waals surface area contributed by atoms with E-state index in [1.807, 2.05) is 0 Å². The van der Waals surface area contributed by atoms with Gasteiger partial charge in [-0.25, -0.2) is 0 Å². The average Bonchev–Trinajstić information content (AvgIpc) is 3.13. The van der Waals surface area contributed by atoms with Crippen molar-refractivity contribution in [1.82, 2.24) is 26.6 Å². The molecular formula is C35H55ClN10O7. The van der Waals surface area contributed by atoms with E-state index in [1.165, 1.54) is 12.1 Å². The Labute approximate surface area is 315 Å². The normalized spacial score (nSPS) is 18.5. The molecule has 53 heavy (non-hydrogen) atoms. The fraction of sp³-hybridized carbons (Fsp3) is 0.514. The first-order chi connectivity index (χ1) is 24.9. The van der Waals surface area contributed by atoms with Gasteiger partial charge < -0.3 is 65.5 Å². The zero-order valence-corrected chi connectivity index (χ0v) is 30.6. The number of halogens is 1. The predicted molar refractivity (Wildman–Crippen MR) is 202 cm³/mol. The van der Waals surface area contributed by atoms with E-state index in [0.717, 1.165) is 0 Å². The van der Waals surface area contributed by atoms with Crippen molar-refractivity contribution >= 4 is 41.9 Å². The summed E-state index contributed by atoms with van der Waals surface area (Å²) in [6.07, 6.45) is 1.34. The lowest BCUT2D eigenvalue weighted by Crippen LogP contribution is -2.59. The van der Waals surface area contributed by atoms with E-state index in [-0.39, 0.29) is 88.7 Å². The summed E-state index contributed by atoms with van der Waals surface area (Å²) < 4.78 is 0. The lowest BCUT2D eigenvalue weighted by Gasteiger charge is -2.27. The van der Waals surface area contributed by atoms with E-state index in [0.29, 0.717) is 41.5 Å². The van der Waals surface area contributed by atoms with E-state index in [2.05, 4.69) is 26.6 Å². The van der Waals surface area contributed by atoms with Crippen LogP contribution in [0, 0.1) is 0 Å². The molecule has 0 aliphatic carbocycles. The third kappa shape index (κ3) is 13.4. The molecule has 0 saturated heterocycles. The number of rotatable bonds is 16. The van der Waals surface area contributed by atoms with Crippen LogP contribution >= 0.6 is 12.4 Å². The molecule has 18 heteroatoms. The summed E-state index contributed by atoms with van der Waals surface area (Å²) in [6, 6.07) is 3.80. The van der Waals surface area contributed by atoms with Crippen LogP contribution < -0.4 is 55.3 Å². The van der Waals surface area contributed by atoms with Gasteiger partial charge in [0.15, 0.2) is 0 Å². The molecule has 5 amide bonds. The maximum Gasteiger partial charge on any atom is 0.243 e. The number of benzene rings is 2. The molecule has 1 aliphatic heterocycles. The molecule has 5 atom stereocenters. The highest BCUT2D eigenvalue weighted by Gasteiger charge is 2.32. The number of amides is 5. The van der Waals surface area contributed by atoms with Gasteiger partial charge in [-0.05, 0) is 105 Å². The Hall–Kier alpha value is -4.52. The summed E-state index contributed by atoms with van der Waals surface area (Å²) in [5.74, 6) is -3.47. The summed E-state index contributed by atoms with van der Waals surface area (Å²) in [6.45, 7) is 1.10. The van der Waals surface area contributed by atoms with E-state index in [1.54, 1.807) is 24.3 Å². The van der Waals surface area contributed by atoms with Crippen LogP contribution in [0.4, 0.5) is 0 Å². The second kappa shape index (κ2) is 22.5. The van der Waals surface area contributed by atoms with Gasteiger partial charge >= 0.3 is 0 Å². The Morgan fingerprint density at radius 1 is 0.736 bits per heavy atom. The van der Waals surface area contributed by atoms with Crippen molar-refractivity contribution in [2.45, 2.75) is 81.6 Å². The van der Waals surface area contributed by atoms with Crippen molar-refractivity contribution in [3.63, 3.8) is 0 Å². The van der Waals surface area contributed by atoms with E-state index < -0.39 is 59.7 Å². The van der Waals surface area contributed by atoms with Gasteiger partial charge in [-0.1, -0.05) is 12.1 Å². The summed E-state index contributed by atoms with van der Waals surface area (Å²) in [5, 5.41) is 34.9. The average molecular weight is 763 g/mol. The van der Waals surface area contributed by atoms with Crippen LogP contribution in [0.1, 0.15) is 49.7 Å². The van der Waals surface area contributed by atoms with Crippen molar-refractivity contribution in [2.75, 3.05) is 32.7 Å². The topological polar surface area (TPSA) is 316 Å². The first kappa shape index (κ1) is 44.6. The standard InChI is InChI=1S/C35H54N10O7.ClH/c36-11-1-4-25(32(49)41-15-14-39)43-33(50)27(6-3-13-38)44-35(52)28-19-23-17-21(8-10-30(23)47)20-7-9-29(46)22(16-20)18-24(40)31(48)42-26(5-2-12-37)34(51)45-28;/h7-10,16-17,24-28,46-47H,1-6,11-15,18-19,36-40H2,(H,41,49)(H,42,48)(H,43,50)(H,44,52)(H,45,51);1H/t24-,25-,26-,27-,28-;/m0./s1. The Kier molecular flexibility index (Phi) is 19.0. The van der Waals surface area contributed by atoms with Crippen LogP contribution in [0.2, 0.25) is 0 Å². The smallest absolute Gasteiger partial charge is 0.243 e. The third-order valence-corrected chi connectivity index (χ3v) is 8.76. The molecular weight excluding hydrogens is 708 g/mol. The van der Waals surface area contributed by atoms with Crippen LogP contribution in [-0.4, -0.2) is 103 Å². The van der Waals surface area contributed by atoms with E-state index in [4.69, 9.17) is 28.7 Å². The van der Waals surface area contributed by atoms with Gasteiger partial charge in [0.25, 0.3) is 0 Å². The lowest BCUT2D eigenvalue weighted by atomic mass is 9.95. The first-order valence-corrected chi connectivity index (χ1v) is 17.6. The van der Waals surface area contributed by atoms with Gasteiger partial charge in [0, 0.05) is 25.9 Å². The van der Waals surface area contributed by atoms with Crippen molar-refractivity contribution in [1.29, 1.82) is 0 Å². The summed E-state index contributed by atoms with van der Waals surface area (Å²) in [4.78, 5) is 67.5. The molecule has 0 saturated carbocycles. The van der Waals surface area contributed by atoms with E-state index >= 15 is 0 Å². The number of phenolic OH excluding ortho intramolecular Hbond substituents is 2. The highest BCUT2D eigenvalue weighted by atomic mass is 35.5. The molecule has 3 rings (SSSR count). The van der Waals surface area contributed by atoms with E-state index in [9.17, 15) is 34.2 Å². The molecule has 1 heterocycles. The third-order valence-electron chi connectivity index (χ3n) is 8.76. The number of nitrogens with two attached hydrogens (primary N) is 5. The molecule has 2 aromatic carbocycles. The molecule has 294 valence electrons. The molecule has 4 bridgehead atoms. The highest BCUT2D eigenvalue weighted by molar-refractivity contribution is 5.96. The summed E-state index contributed by atoms with van der Waals surface area (Å²) in [7, 11) is 0. The number of hydrogen-bond donors (Lipinski definition) is 12. The Morgan fingerprint density at radius 3 is 1.83 bits per heavy atom. The van der Waals surface area contributed by atoms with Gasteiger partial charge in [-0.3, -0.25) is 24.0 Å². The van der Waals surface area contributed by atoms with Crippen molar-refractivity contribution in [2.24, 2.45) is 28.7 Å². The molecule has 2 aromatic rings. The van der Waals surface area contributed by atoms with Gasteiger partial charge in [0.05, 0.1) is 6.04 Å². The van der Waals surface area contributed by atoms with Gasteiger partial charge in [0.1, 0.15) is 35.7 Å². The predicted octanol–water partition coefficient (Wildman–Crippen LogP) is -2.16. The van der Waals surface area contributed by atoms with Gasteiger partial charge in [-0.2, -0.15) is 0 Å². The first-order valence-electron chi connectivity index (χ1n) is 17.6. The van der Waals surface area contributed by atoms with Crippen molar-refractivity contribution in [3.05, 3.63) is 47.5 Å². The number of phenols is 2. The fourth-order valence-electron chi connectivity index (χ4n) is 5.80. The zero-order valence-electron chi connectivity index (χ0n) is 29.8. The summed E-state index contributed by atoms with van der Waals surface area (Å²) in [5.41, 5.74) is 30.8. The lowest BCUT2D eigenvalue weighted by molar-refractivity contribution is -0.135. The highest BCUT2D eigenvalue weighted by Crippen LogP contribution is 2.31.